The normalized spacial score (nSPS) is 11.9. The van der Waals surface area contributed by atoms with E-state index in [0.29, 0.717) is 0 Å². The molecule has 0 aliphatic heterocycles. The maximum Gasteiger partial charge on any atom is 0.230 e. The molecule has 0 atom stereocenters. The van der Waals surface area contributed by atoms with Crippen LogP contribution in [-0.4, -0.2) is 10.9 Å². The molecule has 0 bridgehead atoms. The maximum atomic E-state index is 12.4. The Bertz CT molecular complexity index is 851. The Labute approximate surface area is 144 Å². The number of para-hydroxylation sites is 1. The SMILES string of the molecule is Cc1sc(NC(=O)C(C)(C)C)c(-c2nc3ccccc3s2)c1C. The van der Waals surface area contributed by atoms with Crippen LogP contribution in [0, 0.1) is 19.3 Å². The topological polar surface area (TPSA) is 42.0 Å². The summed E-state index contributed by atoms with van der Waals surface area (Å²) in [7, 11) is 0. The van der Waals surface area contributed by atoms with Gasteiger partial charge in [-0.2, -0.15) is 0 Å². The number of fused-ring (bicyclic) bond motifs is 1. The lowest BCUT2D eigenvalue weighted by Gasteiger charge is -2.17. The van der Waals surface area contributed by atoms with Crippen molar-refractivity contribution in [3.63, 3.8) is 0 Å². The summed E-state index contributed by atoms with van der Waals surface area (Å²) < 4.78 is 1.17. The molecule has 120 valence electrons. The Morgan fingerprint density at radius 2 is 1.83 bits per heavy atom. The van der Waals surface area contributed by atoms with Crippen molar-refractivity contribution in [3.05, 3.63) is 34.7 Å². The number of hydrogen-bond acceptors (Lipinski definition) is 4. The number of carbonyl (C=O) groups excluding carboxylic acids is 1. The Morgan fingerprint density at radius 1 is 1.13 bits per heavy atom. The molecule has 3 nitrogen and oxygen atoms in total. The Balaban J connectivity index is 2.09. The highest BCUT2D eigenvalue weighted by Crippen LogP contribution is 2.43. The highest BCUT2D eigenvalue weighted by Gasteiger charge is 2.25. The summed E-state index contributed by atoms with van der Waals surface area (Å²) in [5.41, 5.74) is 2.84. The summed E-state index contributed by atoms with van der Waals surface area (Å²) in [5.74, 6) is 0.0288. The molecule has 5 heteroatoms. The van der Waals surface area contributed by atoms with Gasteiger partial charge in [-0.1, -0.05) is 32.9 Å². The third-order valence-electron chi connectivity index (χ3n) is 3.80. The van der Waals surface area contributed by atoms with E-state index in [2.05, 4.69) is 25.2 Å². The van der Waals surface area contributed by atoms with E-state index >= 15 is 0 Å². The standard InChI is InChI=1S/C18H20N2OS2/c1-10-11(2)22-16(20-17(21)18(3,4)5)14(10)15-19-12-8-6-7-9-13(12)23-15/h6-9H,1-5H3,(H,20,21). The van der Waals surface area contributed by atoms with Crippen LogP contribution >= 0.6 is 22.7 Å². The van der Waals surface area contributed by atoms with E-state index in [0.717, 1.165) is 21.1 Å². The van der Waals surface area contributed by atoms with Gasteiger partial charge in [0.05, 0.1) is 10.2 Å². The van der Waals surface area contributed by atoms with E-state index in [9.17, 15) is 4.79 Å². The summed E-state index contributed by atoms with van der Waals surface area (Å²) in [4.78, 5) is 18.4. The van der Waals surface area contributed by atoms with E-state index in [1.165, 1.54) is 15.1 Å². The van der Waals surface area contributed by atoms with E-state index in [1.54, 1.807) is 22.7 Å². The number of aromatic nitrogens is 1. The van der Waals surface area contributed by atoms with Gasteiger partial charge in [-0.25, -0.2) is 4.98 Å². The van der Waals surface area contributed by atoms with Crippen molar-refractivity contribution in [1.29, 1.82) is 0 Å². The minimum Gasteiger partial charge on any atom is -0.317 e. The Morgan fingerprint density at radius 3 is 2.48 bits per heavy atom. The lowest BCUT2D eigenvalue weighted by Crippen LogP contribution is -2.27. The summed E-state index contributed by atoms with van der Waals surface area (Å²) in [5, 5.41) is 4.97. The minimum absolute atomic E-state index is 0.0288. The molecule has 0 radical (unpaired) electrons. The number of nitrogens with one attached hydrogen (secondary N) is 1. The number of carbonyl (C=O) groups is 1. The molecule has 0 unspecified atom stereocenters. The molecule has 2 heterocycles. The first-order chi connectivity index (χ1) is 10.8. The van der Waals surface area contributed by atoms with Gasteiger partial charge in [0.2, 0.25) is 5.91 Å². The van der Waals surface area contributed by atoms with Gasteiger partial charge >= 0.3 is 0 Å². The maximum absolute atomic E-state index is 12.4. The smallest absolute Gasteiger partial charge is 0.230 e. The van der Waals surface area contributed by atoms with Crippen LogP contribution in [0.1, 0.15) is 31.2 Å². The van der Waals surface area contributed by atoms with E-state index in [4.69, 9.17) is 4.98 Å². The van der Waals surface area contributed by atoms with Crippen LogP contribution in [0.3, 0.4) is 0 Å². The Hall–Kier alpha value is -1.72. The number of thiophene rings is 1. The van der Waals surface area contributed by atoms with Crippen molar-refractivity contribution in [2.45, 2.75) is 34.6 Å². The number of thiazole rings is 1. The lowest BCUT2D eigenvalue weighted by atomic mass is 9.96. The first kappa shape index (κ1) is 16.1. The van der Waals surface area contributed by atoms with Crippen molar-refractivity contribution in [2.24, 2.45) is 5.41 Å². The summed E-state index contributed by atoms with van der Waals surface area (Å²) in [6, 6.07) is 8.13. The number of aryl methyl sites for hydroxylation is 1. The zero-order valence-electron chi connectivity index (χ0n) is 14.0. The third kappa shape index (κ3) is 3.03. The first-order valence-electron chi connectivity index (χ1n) is 7.55. The fraction of sp³-hybridized carbons (Fsp3) is 0.333. The molecule has 1 N–H and O–H groups in total. The van der Waals surface area contributed by atoms with E-state index in [1.807, 2.05) is 39.0 Å². The number of rotatable bonds is 2. The van der Waals surface area contributed by atoms with Gasteiger partial charge in [-0.3, -0.25) is 4.79 Å². The fourth-order valence-corrected chi connectivity index (χ4v) is 4.44. The average Bonchev–Trinajstić information content (AvgIpc) is 2.99. The van der Waals surface area contributed by atoms with Crippen molar-refractivity contribution >= 4 is 43.8 Å². The van der Waals surface area contributed by atoms with Crippen LogP contribution in [0.2, 0.25) is 0 Å². The van der Waals surface area contributed by atoms with Crippen molar-refractivity contribution in [3.8, 4) is 10.6 Å². The monoisotopic (exact) mass is 344 g/mol. The van der Waals surface area contributed by atoms with Gasteiger partial charge in [0.1, 0.15) is 10.0 Å². The number of anilines is 1. The second-order valence-corrected chi connectivity index (χ2v) is 8.93. The molecule has 23 heavy (non-hydrogen) atoms. The molecule has 1 aromatic carbocycles. The summed E-state index contributed by atoms with van der Waals surface area (Å²) in [6.45, 7) is 9.95. The zero-order chi connectivity index (χ0) is 16.8. The number of hydrogen-bond donors (Lipinski definition) is 1. The quantitative estimate of drug-likeness (QED) is 0.655. The van der Waals surface area contributed by atoms with Crippen LogP contribution in [0.25, 0.3) is 20.8 Å². The molecule has 3 rings (SSSR count). The molecule has 0 saturated heterocycles. The van der Waals surface area contributed by atoms with Crippen molar-refractivity contribution in [2.75, 3.05) is 5.32 Å². The van der Waals surface area contributed by atoms with Gasteiger partial charge in [0.15, 0.2) is 0 Å². The molecule has 2 aromatic heterocycles. The molecule has 0 fully saturated rings. The zero-order valence-corrected chi connectivity index (χ0v) is 15.6. The predicted octanol–water partition coefficient (Wildman–Crippen LogP) is 5.63. The van der Waals surface area contributed by atoms with Gasteiger partial charge < -0.3 is 5.32 Å². The van der Waals surface area contributed by atoms with Crippen LogP contribution in [0.4, 0.5) is 5.00 Å². The van der Waals surface area contributed by atoms with Crippen LogP contribution in [0.5, 0.6) is 0 Å². The third-order valence-corrected chi connectivity index (χ3v) is 5.98. The van der Waals surface area contributed by atoms with Gasteiger partial charge in [0.25, 0.3) is 0 Å². The van der Waals surface area contributed by atoms with E-state index < -0.39 is 5.41 Å². The van der Waals surface area contributed by atoms with Crippen LogP contribution in [0.15, 0.2) is 24.3 Å². The fourth-order valence-electron chi connectivity index (χ4n) is 2.24. The number of amides is 1. The first-order valence-corrected chi connectivity index (χ1v) is 9.18. The van der Waals surface area contributed by atoms with Gasteiger partial charge in [0, 0.05) is 15.9 Å². The molecule has 1 amide bonds. The number of benzene rings is 1. The van der Waals surface area contributed by atoms with E-state index in [-0.39, 0.29) is 5.91 Å². The Kier molecular flexibility index (Phi) is 4.02. The molecule has 0 aliphatic rings. The van der Waals surface area contributed by atoms with Gasteiger partial charge in [-0.15, -0.1) is 22.7 Å². The molecular weight excluding hydrogens is 324 g/mol. The molecule has 0 saturated carbocycles. The highest BCUT2D eigenvalue weighted by atomic mass is 32.1. The van der Waals surface area contributed by atoms with Crippen molar-refractivity contribution < 1.29 is 4.79 Å². The summed E-state index contributed by atoms with van der Waals surface area (Å²) in [6.07, 6.45) is 0. The van der Waals surface area contributed by atoms with Crippen LogP contribution in [-0.2, 0) is 4.79 Å². The average molecular weight is 345 g/mol. The summed E-state index contributed by atoms with van der Waals surface area (Å²) >= 11 is 3.30. The largest absolute Gasteiger partial charge is 0.317 e. The minimum atomic E-state index is -0.420. The van der Waals surface area contributed by atoms with Gasteiger partial charge in [-0.05, 0) is 31.5 Å². The number of nitrogens with zero attached hydrogens (tertiary/aromatic N) is 1. The lowest BCUT2D eigenvalue weighted by molar-refractivity contribution is -0.123. The predicted molar refractivity (Wildman–Crippen MR) is 100 cm³/mol. The molecular formula is C18H20N2OS2. The van der Waals surface area contributed by atoms with Crippen molar-refractivity contribution in [1.82, 2.24) is 4.98 Å². The molecule has 3 aromatic rings. The molecule has 0 spiro atoms. The highest BCUT2D eigenvalue weighted by molar-refractivity contribution is 7.22. The second-order valence-electron chi connectivity index (χ2n) is 6.68. The van der Waals surface area contributed by atoms with Crippen LogP contribution < -0.4 is 5.32 Å². The molecule has 0 aliphatic carbocycles. The second kappa shape index (κ2) is 5.73.